The van der Waals surface area contributed by atoms with Crippen molar-refractivity contribution in [3.8, 4) is 5.75 Å². The molecule has 3 amide bonds. The second-order valence-corrected chi connectivity index (χ2v) is 11.4. The van der Waals surface area contributed by atoms with Gasteiger partial charge in [0.05, 0.1) is 13.2 Å². The highest BCUT2D eigenvalue weighted by atomic mass is 35.5. The molecule has 0 spiro atoms. The Balaban J connectivity index is 0.00000231. The first-order valence-corrected chi connectivity index (χ1v) is 14.7. The summed E-state index contributed by atoms with van der Waals surface area (Å²) in [5.74, 6) is 1.81. The van der Waals surface area contributed by atoms with Gasteiger partial charge in [0, 0.05) is 96.6 Å². The second-order valence-electron chi connectivity index (χ2n) is 11.4. The van der Waals surface area contributed by atoms with E-state index in [-0.39, 0.29) is 54.4 Å². The number of hydrogen-bond donors (Lipinski definition) is 2. The van der Waals surface area contributed by atoms with Gasteiger partial charge in [-0.25, -0.2) is 0 Å². The zero-order chi connectivity index (χ0) is 27.2. The molecule has 230 valence electrons. The van der Waals surface area contributed by atoms with Crippen LogP contribution in [0.15, 0.2) is 18.2 Å². The Bertz CT molecular complexity index is 1030. The fourth-order valence-electron chi connectivity index (χ4n) is 6.44. The van der Waals surface area contributed by atoms with E-state index in [1.54, 1.807) is 11.8 Å². The normalized spacial score (nSPS) is 23.9. The van der Waals surface area contributed by atoms with Crippen molar-refractivity contribution in [3.63, 3.8) is 0 Å². The third-order valence-corrected chi connectivity index (χ3v) is 8.85. The third-order valence-electron chi connectivity index (χ3n) is 8.85. The van der Waals surface area contributed by atoms with Crippen molar-refractivity contribution in [2.75, 3.05) is 83.5 Å². The summed E-state index contributed by atoms with van der Waals surface area (Å²) >= 11 is 0. The maximum atomic E-state index is 13.2. The van der Waals surface area contributed by atoms with Gasteiger partial charge in [0.1, 0.15) is 5.75 Å². The molecule has 5 rings (SSSR count). The van der Waals surface area contributed by atoms with Crippen LogP contribution in [0.3, 0.4) is 0 Å². The topological polar surface area (TPSA) is 97.5 Å². The molecule has 0 aliphatic carbocycles. The molecule has 12 heteroatoms. The SMILES string of the molecule is CC(=O)N1CCN(C(=O)C[C@@H]2CCN3C[C@@H]2CCCOc2ccc(N4CCNCC4)cc2CNCC3=O)CC1.Cl.Cl. The van der Waals surface area contributed by atoms with E-state index in [2.05, 4.69) is 33.7 Å². The van der Waals surface area contributed by atoms with E-state index >= 15 is 0 Å². The highest BCUT2D eigenvalue weighted by molar-refractivity contribution is 5.85. The van der Waals surface area contributed by atoms with Crippen LogP contribution in [-0.4, -0.2) is 111 Å². The van der Waals surface area contributed by atoms with Crippen LogP contribution in [0.25, 0.3) is 0 Å². The molecule has 3 fully saturated rings. The molecular formula is C29H46Cl2N6O4. The smallest absolute Gasteiger partial charge is 0.236 e. The molecule has 1 aromatic carbocycles. The van der Waals surface area contributed by atoms with E-state index in [1.165, 1.54) is 5.69 Å². The highest BCUT2D eigenvalue weighted by Gasteiger charge is 2.34. The van der Waals surface area contributed by atoms with E-state index in [9.17, 15) is 14.4 Å². The van der Waals surface area contributed by atoms with Crippen molar-refractivity contribution in [1.29, 1.82) is 0 Å². The number of nitrogens with one attached hydrogen (secondary N) is 2. The molecule has 0 radical (unpaired) electrons. The standard InChI is InChI=1S/C29H44N6O4.2ClH/c1-22(36)32-12-14-34(15-13-32)28(37)18-23-6-9-35-21-24(23)3-2-16-39-27-5-4-26(33-10-7-30-8-11-33)17-25(27)19-31-20-29(35)38;;/h4-5,17,23-24,30-31H,2-3,6-16,18-21H2,1H3;2*1H/t23-,24-;;/m0../s1. The van der Waals surface area contributed by atoms with Crippen molar-refractivity contribution in [2.45, 2.75) is 39.2 Å². The van der Waals surface area contributed by atoms with Crippen LogP contribution in [0.5, 0.6) is 5.75 Å². The molecule has 4 aliphatic heterocycles. The second kappa shape index (κ2) is 15.8. The molecule has 2 atom stereocenters. The largest absolute Gasteiger partial charge is 0.493 e. The first-order chi connectivity index (χ1) is 19.0. The Labute approximate surface area is 256 Å². The minimum absolute atomic E-state index is 0. The molecule has 2 bridgehead atoms. The minimum Gasteiger partial charge on any atom is -0.493 e. The lowest BCUT2D eigenvalue weighted by Crippen LogP contribution is -2.51. The third kappa shape index (κ3) is 8.63. The van der Waals surface area contributed by atoms with Crippen LogP contribution in [0.1, 0.15) is 38.2 Å². The van der Waals surface area contributed by atoms with E-state index in [0.717, 1.165) is 56.8 Å². The number of piperidine rings is 1. The summed E-state index contributed by atoms with van der Waals surface area (Å²) in [6, 6.07) is 6.42. The predicted octanol–water partition coefficient (Wildman–Crippen LogP) is 1.75. The maximum absolute atomic E-state index is 13.2. The quantitative estimate of drug-likeness (QED) is 0.537. The number of amides is 3. The number of benzene rings is 1. The van der Waals surface area contributed by atoms with Gasteiger partial charge >= 0.3 is 0 Å². The molecule has 10 nitrogen and oxygen atoms in total. The average molecular weight is 614 g/mol. The molecule has 0 aromatic heterocycles. The summed E-state index contributed by atoms with van der Waals surface area (Å²) in [4.78, 5) is 46.0. The number of piperazine rings is 2. The highest BCUT2D eigenvalue weighted by Crippen LogP contribution is 2.32. The number of fused-ring (bicyclic) bond motifs is 3. The predicted molar refractivity (Wildman–Crippen MR) is 164 cm³/mol. The lowest BCUT2D eigenvalue weighted by atomic mass is 9.80. The van der Waals surface area contributed by atoms with E-state index in [0.29, 0.717) is 65.4 Å². The first-order valence-electron chi connectivity index (χ1n) is 14.7. The van der Waals surface area contributed by atoms with Crippen LogP contribution >= 0.6 is 24.8 Å². The van der Waals surface area contributed by atoms with Gasteiger partial charge in [0.2, 0.25) is 17.7 Å². The van der Waals surface area contributed by atoms with Crippen LogP contribution in [0.4, 0.5) is 5.69 Å². The number of halogens is 2. The van der Waals surface area contributed by atoms with Gasteiger partial charge < -0.3 is 35.0 Å². The molecule has 2 N–H and O–H groups in total. The number of carbonyl (C=O) groups excluding carboxylic acids is 3. The number of hydrogen-bond acceptors (Lipinski definition) is 7. The Morgan fingerprint density at radius 2 is 1.63 bits per heavy atom. The minimum atomic E-state index is 0. The van der Waals surface area contributed by atoms with E-state index in [4.69, 9.17) is 4.74 Å². The summed E-state index contributed by atoms with van der Waals surface area (Å²) < 4.78 is 6.27. The Hall–Kier alpha value is -2.27. The molecule has 4 heterocycles. The van der Waals surface area contributed by atoms with Gasteiger partial charge in [0.15, 0.2) is 0 Å². The molecule has 4 aliphatic rings. The number of ether oxygens (including phenoxy) is 1. The van der Waals surface area contributed by atoms with Gasteiger partial charge in [-0.1, -0.05) is 0 Å². The van der Waals surface area contributed by atoms with Crippen molar-refractivity contribution < 1.29 is 19.1 Å². The zero-order valence-electron chi connectivity index (χ0n) is 24.1. The Morgan fingerprint density at radius 1 is 0.902 bits per heavy atom. The number of nitrogens with zero attached hydrogens (tertiary/aromatic N) is 4. The average Bonchev–Trinajstić information content (AvgIpc) is 2.97. The lowest BCUT2D eigenvalue weighted by molar-refractivity contribution is -0.140. The molecular weight excluding hydrogens is 567 g/mol. The molecule has 0 unspecified atom stereocenters. The van der Waals surface area contributed by atoms with Gasteiger partial charge in [-0.15, -0.1) is 24.8 Å². The summed E-state index contributed by atoms with van der Waals surface area (Å²) in [7, 11) is 0. The van der Waals surface area contributed by atoms with Crippen LogP contribution in [0, 0.1) is 11.8 Å². The lowest BCUT2D eigenvalue weighted by Gasteiger charge is -2.40. The fourth-order valence-corrected chi connectivity index (χ4v) is 6.44. The van der Waals surface area contributed by atoms with Crippen molar-refractivity contribution in [3.05, 3.63) is 23.8 Å². The number of carbonyl (C=O) groups is 3. The van der Waals surface area contributed by atoms with Gasteiger partial charge in [-0.05, 0) is 49.3 Å². The Kier molecular flexibility index (Phi) is 12.8. The van der Waals surface area contributed by atoms with Gasteiger partial charge in [-0.2, -0.15) is 0 Å². The van der Waals surface area contributed by atoms with E-state index < -0.39 is 0 Å². The van der Waals surface area contributed by atoms with Crippen LogP contribution < -0.4 is 20.3 Å². The van der Waals surface area contributed by atoms with Crippen molar-refractivity contribution >= 4 is 48.2 Å². The van der Waals surface area contributed by atoms with Crippen molar-refractivity contribution in [2.24, 2.45) is 11.8 Å². The first kappa shape index (κ1) is 33.2. The molecule has 1 aromatic rings. The zero-order valence-corrected chi connectivity index (χ0v) is 25.8. The molecule has 3 saturated heterocycles. The van der Waals surface area contributed by atoms with Gasteiger partial charge in [-0.3, -0.25) is 14.4 Å². The van der Waals surface area contributed by atoms with Crippen LogP contribution in [0.2, 0.25) is 0 Å². The van der Waals surface area contributed by atoms with Crippen LogP contribution in [-0.2, 0) is 20.9 Å². The maximum Gasteiger partial charge on any atom is 0.236 e. The number of rotatable bonds is 3. The fraction of sp³-hybridized carbons (Fsp3) is 0.690. The summed E-state index contributed by atoms with van der Waals surface area (Å²) in [6.07, 6.45) is 3.19. The summed E-state index contributed by atoms with van der Waals surface area (Å²) in [5, 5.41) is 6.77. The molecule has 0 saturated carbocycles. The Morgan fingerprint density at radius 3 is 2.37 bits per heavy atom. The summed E-state index contributed by atoms with van der Waals surface area (Å²) in [6.45, 7) is 10.9. The van der Waals surface area contributed by atoms with Crippen molar-refractivity contribution in [1.82, 2.24) is 25.3 Å². The summed E-state index contributed by atoms with van der Waals surface area (Å²) in [5.41, 5.74) is 2.29. The number of anilines is 1. The van der Waals surface area contributed by atoms with Gasteiger partial charge in [0.25, 0.3) is 0 Å². The molecule has 41 heavy (non-hydrogen) atoms. The monoisotopic (exact) mass is 612 g/mol. The van der Waals surface area contributed by atoms with E-state index in [1.807, 2.05) is 9.80 Å².